The number of rotatable bonds is 3. The molecular weight excluding hydrogens is 138 g/mol. The lowest BCUT2D eigenvalue weighted by atomic mass is 10.0. The highest BCUT2D eigenvalue weighted by atomic mass is 16.3. The Morgan fingerprint density at radius 1 is 1.36 bits per heavy atom. The van der Waals surface area contributed by atoms with E-state index in [2.05, 4.69) is 5.18 Å². The van der Waals surface area contributed by atoms with Crippen LogP contribution in [-0.2, 0) is 0 Å². The topological polar surface area (TPSA) is 29.4 Å². The van der Waals surface area contributed by atoms with Gasteiger partial charge in [0.05, 0.1) is 6.54 Å². The van der Waals surface area contributed by atoms with Gasteiger partial charge in [-0.25, -0.2) is 0 Å². The Morgan fingerprint density at radius 2 is 2.00 bits per heavy atom. The minimum atomic E-state index is 0.244. The van der Waals surface area contributed by atoms with Crippen LogP contribution >= 0.6 is 0 Å². The first-order valence-corrected chi connectivity index (χ1v) is 3.68. The molecule has 0 spiro atoms. The van der Waals surface area contributed by atoms with Crippen LogP contribution in [0.1, 0.15) is 18.4 Å². The van der Waals surface area contributed by atoms with E-state index in [9.17, 15) is 4.91 Å². The van der Waals surface area contributed by atoms with Gasteiger partial charge in [0.15, 0.2) is 0 Å². The molecule has 11 heavy (non-hydrogen) atoms. The highest BCUT2D eigenvalue weighted by Gasteiger charge is 2.02. The number of hydrogen-bond acceptors (Lipinski definition) is 2. The molecule has 1 unspecified atom stereocenters. The smallest absolute Gasteiger partial charge is 0.0876 e. The molecule has 0 fully saturated rings. The number of benzene rings is 1. The van der Waals surface area contributed by atoms with Crippen molar-refractivity contribution in [1.82, 2.24) is 0 Å². The van der Waals surface area contributed by atoms with Crippen molar-refractivity contribution in [2.24, 2.45) is 5.18 Å². The van der Waals surface area contributed by atoms with E-state index in [0.29, 0.717) is 6.54 Å². The van der Waals surface area contributed by atoms with Crippen LogP contribution in [0.3, 0.4) is 0 Å². The summed E-state index contributed by atoms with van der Waals surface area (Å²) in [5.74, 6) is 0.244. The second-order valence-electron chi connectivity index (χ2n) is 2.62. The van der Waals surface area contributed by atoms with Gasteiger partial charge in [-0.3, -0.25) is 0 Å². The largest absolute Gasteiger partial charge is 0.151 e. The fraction of sp³-hybridized carbons (Fsp3) is 0.333. The summed E-state index contributed by atoms with van der Waals surface area (Å²) >= 11 is 0. The van der Waals surface area contributed by atoms with Crippen molar-refractivity contribution in [3.63, 3.8) is 0 Å². The summed E-state index contributed by atoms with van der Waals surface area (Å²) in [4.78, 5) is 9.94. The fourth-order valence-corrected chi connectivity index (χ4v) is 0.999. The van der Waals surface area contributed by atoms with Crippen LogP contribution < -0.4 is 0 Å². The number of nitrogens with zero attached hydrogens (tertiary/aromatic N) is 1. The van der Waals surface area contributed by atoms with Crippen molar-refractivity contribution >= 4 is 0 Å². The van der Waals surface area contributed by atoms with Crippen LogP contribution in [0.4, 0.5) is 0 Å². The van der Waals surface area contributed by atoms with Gasteiger partial charge in [0.1, 0.15) is 0 Å². The Balaban J connectivity index is 2.68. The number of hydrogen-bond donors (Lipinski definition) is 0. The third kappa shape index (κ3) is 2.15. The lowest BCUT2D eigenvalue weighted by Crippen LogP contribution is -1.95. The molecule has 0 bridgehead atoms. The van der Waals surface area contributed by atoms with Crippen molar-refractivity contribution in [2.45, 2.75) is 12.8 Å². The molecule has 1 aromatic carbocycles. The van der Waals surface area contributed by atoms with Gasteiger partial charge in [0.25, 0.3) is 0 Å². The third-order valence-electron chi connectivity index (χ3n) is 1.72. The molecule has 0 aromatic heterocycles. The minimum absolute atomic E-state index is 0.244. The molecule has 1 rings (SSSR count). The second kappa shape index (κ2) is 3.86. The molecule has 2 heteroatoms. The van der Waals surface area contributed by atoms with Crippen LogP contribution in [-0.4, -0.2) is 6.54 Å². The molecule has 0 radical (unpaired) electrons. The van der Waals surface area contributed by atoms with Crippen LogP contribution in [0.25, 0.3) is 0 Å². The van der Waals surface area contributed by atoms with E-state index in [0.717, 1.165) is 0 Å². The second-order valence-corrected chi connectivity index (χ2v) is 2.62. The van der Waals surface area contributed by atoms with Crippen molar-refractivity contribution in [3.8, 4) is 0 Å². The maximum Gasteiger partial charge on any atom is 0.0876 e. The summed E-state index contributed by atoms with van der Waals surface area (Å²) in [6, 6.07) is 9.92. The van der Waals surface area contributed by atoms with Crippen LogP contribution in [0.15, 0.2) is 35.5 Å². The van der Waals surface area contributed by atoms with Gasteiger partial charge in [0.2, 0.25) is 0 Å². The van der Waals surface area contributed by atoms with E-state index in [1.54, 1.807) is 0 Å². The molecule has 0 saturated heterocycles. The van der Waals surface area contributed by atoms with E-state index in [1.165, 1.54) is 5.56 Å². The van der Waals surface area contributed by atoms with E-state index in [4.69, 9.17) is 0 Å². The van der Waals surface area contributed by atoms with Crippen LogP contribution in [0, 0.1) is 4.91 Å². The summed E-state index contributed by atoms with van der Waals surface area (Å²) in [6.45, 7) is 2.36. The van der Waals surface area contributed by atoms with Crippen LogP contribution in [0.5, 0.6) is 0 Å². The van der Waals surface area contributed by atoms with Gasteiger partial charge in [-0.2, -0.15) is 4.91 Å². The first kappa shape index (κ1) is 7.92. The van der Waals surface area contributed by atoms with Crippen molar-refractivity contribution in [1.29, 1.82) is 0 Å². The molecule has 0 aliphatic heterocycles. The highest BCUT2D eigenvalue weighted by Crippen LogP contribution is 2.13. The summed E-state index contributed by atoms with van der Waals surface area (Å²) in [7, 11) is 0. The van der Waals surface area contributed by atoms with Gasteiger partial charge in [-0.05, 0) is 5.56 Å². The standard InChI is InChI=1S/C9H11NO/c1-8(7-10-11)9-5-3-2-4-6-9/h2-6,8H,7H2,1H3. The molecular formula is C9H11NO. The molecule has 0 saturated carbocycles. The molecule has 1 atom stereocenters. The molecule has 0 aliphatic rings. The maximum atomic E-state index is 9.94. The zero-order chi connectivity index (χ0) is 8.10. The molecule has 1 aromatic rings. The number of nitroso groups, excluding NO2 is 1. The summed E-state index contributed by atoms with van der Waals surface area (Å²) in [6.07, 6.45) is 0. The summed E-state index contributed by atoms with van der Waals surface area (Å²) in [5, 5.41) is 2.86. The molecule has 0 amide bonds. The zero-order valence-electron chi connectivity index (χ0n) is 6.53. The first-order valence-electron chi connectivity index (χ1n) is 3.68. The Morgan fingerprint density at radius 3 is 2.55 bits per heavy atom. The van der Waals surface area contributed by atoms with Crippen LogP contribution in [0.2, 0.25) is 0 Å². The van der Waals surface area contributed by atoms with E-state index >= 15 is 0 Å². The van der Waals surface area contributed by atoms with E-state index in [-0.39, 0.29) is 5.92 Å². The molecule has 2 nitrogen and oxygen atoms in total. The summed E-state index contributed by atoms with van der Waals surface area (Å²) in [5.41, 5.74) is 1.17. The van der Waals surface area contributed by atoms with E-state index in [1.807, 2.05) is 37.3 Å². The average molecular weight is 149 g/mol. The lowest BCUT2D eigenvalue weighted by Gasteiger charge is -2.05. The van der Waals surface area contributed by atoms with Gasteiger partial charge in [0, 0.05) is 5.92 Å². The van der Waals surface area contributed by atoms with Crippen molar-refractivity contribution < 1.29 is 0 Å². The van der Waals surface area contributed by atoms with Gasteiger partial charge < -0.3 is 0 Å². The fourth-order valence-electron chi connectivity index (χ4n) is 0.999. The Labute approximate surface area is 66.2 Å². The predicted molar refractivity (Wildman–Crippen MR) is 45.5 cm³/mol. The summed E-state index contributed by atoms with van der Waals surface area (Å²) < 4.78 is 0. The molecule has 0 N–H and O–H groups in total. The maximum absolute atomic E-state index is 9.94. The lowest BCUT2D eigenvalue weighted by molar-refractivity contribution is 0.771. The quantitative estimate of drug-likeness (QED) is 0.607. The van der Waals surface area contributed by atoms with E-state index < -0.39 is 0 Å². The van der Waals surface area contributed by atoms with Crippen molar-refractivity contribution in [2.75, 3.05) is 6.54 Å². The first-order chi connectivity index (χ1) is 5.34. The Kier molecular flexibility index (Phi) is 2.78. The monoisotopic (exact) mass is 149 g/mol. The van der Waals surface area contributed by atoms with Gasteiger partial charge >= 0.3 is 0 Å². The Hall–Kier alpha value is -1.18. The molecule has 58 valence electrons. The molecule has 0 aliphatic carbocycles. The third-order valence-corrected chi connectivity index (χ3v) is 1.72. The molecule has 0 heterocycles. The minimum Gasteiger partial charge on any atom is -0.151 e. The predicted octanol–water partition coefficient (Wildman–Crippen LogP) is 2.56. The van der Waals surface area contributed by atoms with Gasteiger partial charge in [-0.1, -0.05) is 42.4 Å². The normalized spacial score (nSPS) is 12.5. The van der Waals surface area contributed by atoms with Crippen molar-refractivity contribution in [3.05, 3.63) is 40.8 Å². The SMILES string of the molecule is CC(CN=O)c1ccccc1. The van der Waals surface area contributed by atoms with Gasteiger partial charge in [-0.15, -0.1) is 0 Å². The Bertz CT molecular complexity index is 220. The highest BCUT2D eigenvalue weighted by molar-refractivity contribution is 5.18. The average Bonchev–Trinajstić information content (AvgIpc) is 2.07. The zero-order valence-corrected chi connectivity index (χ0v) is 6.53.